The van der Waals surface area contributed by atoms with Crippen LogP contribution in [0.2, 0.25) is 0 Å². The minimum absolute atomic E-state index is 0.204. The lowest BCUT2D eigenvalue weighted by atomic mass is 9.93. The van der Waals surface area contributed by atoms with Crippen LogP contribution in [-0.4, -0.2) is 38.8 Å². The summed E-state index contributed by atoms with van der Waals surface area (Å²) in [5.74, 6) is 0. The van der Waals surface area contributed by atoms with Crippen molar-refractivity contribution in [2.75, 3.05) is 33.9 Å². The molecule has 0 atom stereocenters. The van der Waals surface area contributed by atoms with E-state index >= 15 is 0 Å². The molecule has 1 fully saturated rings. The van der Waals surface area contributed by atoms with Crippen molar-refractivity contribution < 1.29 is 9.13 Å². The van der Waals surface area contributed by atoms with Gasteiger partial charge >= 0.3 is 0 Å². The van der Waals surface area contributed by atoms with Crippen molar-refractivity contribution in [1.82, 2.24) is 4.90 Å². The number of hydrogen-bond donors (Lipinski definition) is 0. The van der Waals surface area contributed by atoms with E-state index in [4.69, 9.17) is 4.74 Å². The summed E-state index contributed by atoms with van der Waals surface area (Å²) in [6.07, 6.45) is 3.46. The van der Waals surface area contributed by atoms with Crippen molar-refractivity contribution in [1.29, 1.82) is 0 Å². The number of nitrogens with zero attached hydrogens (tertiary/aromatic N) is 1. The van der Waals surface area contributed by atoms with Crippen molar-refractivity contribution in [3.8, 4) is 0 Å². The molecule has 1 aliphatic heterocycles. The van der Waals surface area contributed by atoms with E-state index in [-0.39, 0.29) is 13.2 Å². The number of halogens is 1. The average Bonchev–Trinajstić information content (AvgIpc) is 2.32. The van der Waals surface area contributed by atoms with Crippen molar-refractivity contribution in [2.45, 2.75) is 24.9 Å². The first-order valence-electron chi connectivity index (χ1n) is 6.61. The van der Waals surface area contributed by atoms with Gasteiger partial charge in [-0.25, -0.2) is 4.39 Å². The second kappa shape index (κ2) is 5.81. The third-order valence-corrected chi connectivity index (χ3v) is 3.45. The Morgan fingerprint density at radius 1 is 1.17 bits per heavy atom. The fourth-order valence-electron chi connectivity index (χ4n) is 2.18. The summed E-state index contributed by atoms with van der Waals surface area (Å²) in [5.41, 5.74) is 0.816. The molecule has 1 saturated heterocycles. The second-order valence-electron chi connectivity index (χ2n) is 5.42. The largest absolute Gasteiger partial charge is 0.374 e. The third-order valence-electron chi connectivity index (χ3n) is 3.45. The van der Waals surface area contributed by atoms with Crippen LogP contribution in [0.4, 0.5) is 4.39 Å². The van der Waals surface area contributed by atoms with E-state index < -0.39 is 5.67 Å². The zero-order valence-corrected chi connectivity index (χ0v) is 11.3. The quantitative estimate of drug-likeness (QED) is 0.721. The van der Waals surface area contributed by atoms with E-state index in [2.05, 4.69) is 19.0 Å². The van der Waals surface area contributed by atoms with Crippen molar-refractivity contribution >= 4 is 0 Å². The molecule has 0 bridgehead atoms. The summed E-state index contributed by atoms with van der Waals surface area (Å²) in [4.78, 5) is 2.20. The molecule has 2 rings (SSSR count). The molecule has 0 saturated carbocycles. The maximum absolute atomic E-state index is 14.0. The summed E-state index contributed by atoms with van der Waals surface area (Å²) in [7, 11) is 4.19. The molecule has 0 aromatic heterocycles. The van der Waals surface area contributed by atoms with Crippen molar-refractivity contribution in [3.63, 3.8) is 0 Å². The van der Waals surface area contributed by atoms with Gasteiger partial charge in [0.1, 0.15) is 0 Å². The highest BCUT2D eigenvalue weighted by Gasteiger charge is 2.40. The Kier molecular flexibility index (Phi) is 4.36. The van der Waals surface area contributed by atoms with Crippen LogP contribution in [-0.2, 0) is 16.8 Å². The lowest BCUT2D eigenvalue weighted by Gasteiger charge is -2.34. The number of hydrogen-bond acceptors (Lipinski definition) is 2. The summed E-state index contributed by atoms with van der Waals surface area (Å²) >= 11 is 0. The van der Waals surface area contributed by atoms with Gasteiger partial charge in [0.25, 0.3) is 0 Å². The van der Waals surface area contributed by atoms with Crippen LogP contribution in [0.25, 0.3) is 0 Å². The summed E-state index contributed by atoms with van der Waals surface area (Å²) in [6, 6.07) is 7.91. The Labute approximate surface area is 109 Å². The first-order valence-corrected chi connectivity index (χ1v) is 6.61. The Morgan fingerprint density at radius 3 is 2.33 bits per heavy atom. The lowest BCUT2D eigenvalue weighted by molar-refractivity contribution is -0.135. The fourth-order valence-corrected chi connectivity index (χ4v) is 2.18. The Bertz CT molecular complexity index is 371. The second-order valence-corrected chi connectivity index (χ2v) is 5.42. The minimum atomic E-state index is -1.23. The fraction of sp³-hybridized carbons (Fsp3) is 0.600. The Balaban J connectivity index is 1.81. The molecule has 0 radical (unpaired) electrons. The smallest absolute Gasteiger partial charge is 0.182 e. The third kappa shape index (κ3) is 3.30. The standard InChI is InChI=1S/C15H22FNO/c1-17(2)10-4-3-5-13-6-8-14(9-7-13)15(16)11-18-12-15/h6-9H,3-5,10-12H2,1-2H3. The molecule has 3 heteroatoms. The number of alkyl halides is 1. The van der Waals surface area contributed by atoms with Gasteiger partial charge in [-0.05, 0) is 51.0 Å². The molecular formula is C15H22FNO. The number of aryl methyl sites for hydroxylation is 1. The molecule has 1 aromatic rings. The highest BCUT2D eigenvalue weighted by molar-refractivity contribution is 5.29. The number of ether oxygens (including phenoxy) is 1. The number of benzene rings is 1. The molecular weight excluding hydrogens is 229 g/mol. The average molecular weight is 251 g/mol. The Hall–Kier alpha value is -0.930. The van der Waals surface area contributed by atoms with E-state index in [1.165, 1.54) is 18.4 Å². The molecule has 1 heterocycles. The van der Waals surface area contributed by atoms with Crippen LogP contribution in [0.1, 0.15) is 24.0 Å². The molecule has 100 valence electrons. The molecule has 0 unspecified atom stereocenters. The van der Waals surface area contributed by atoms with Crippen molar-refractivity contribution in [3.05, 3.63) is 35.4 Å². The SMILES string of the molecule is CN(C)CCCCc1ccc(C2(F)COC2)cc1. The monoisotopic (exact) mass is 251 g/mol. The first-order chi connectivity index (χ1) is 8.60. The van der Waals surface area contributed by atoms with E-state index in [0.29, 0.717) is 0 Å². The molecule has 1 aliphatic rings. The van der Waals surface area contributed by atoms with Gasteiger partial charge in [0.05, 0.1) is 13.2 Å². The van der Waals surface area contributed by atoms with Gasteiger partial charge in [-0.3, -0.25) is 0 Å². The Morgan fingerprint density at radius 2 is 1.83 bits per heavy atom. The lowest BCUT2D eigenvalue weighted by Crippen LogP contribution is -2.42. The summed E-state index contributed by atoms with van der Waals surface area (Å²) in [6.45, 7) is 1.54. The van der Waals surface area contributed by atoms with Crippen LogP contribution >= 0.6 is 0 Å². The highest BCUT2D eigenvalue weighted by Crippen LogP contribution is 2.33. The zero-order chi connectivity index (χ0) is 13.0. The molecule has 1 aromatic carbocycles. The maximum atomic E-state index is 14.0. The van der Waals surface area contributed by atoms with E-state index in [9.17, 15) is 4.39 Å². The molecule has 0 amide bonds. The maximum Gasteiger partial charge on any atom is 0.182 e. The van der Waals surface area contributed by atoms with E-state index in [1.807, 2.05) is 24.3 Å². The van der Waals surface area contributed by atoms with E-state index in [0.717, 1.165) is 18.5 Å². The zero-order valence-electron chi connectivity index (χ0n) is 11.3. The van der Waals surface area contributed by atoms with Gasteiger partial charge in [-0.15, -0.1) is 0 Å². The van der Waals surface area contributed by atoms with Gasteiger partial charge < -0.3 is 9.64 Å². The van der Waals surface area contributed by atoms with Crippen LogP contribution in [0.3, 0.4) is 0 Å². The van der Waals surface area contributed by atoms with Crippen molar-refractivity contribution in [2.24, 2.45) is 0 Å². The normalized spacial score (nSPS) is 17.8. The van der Waals surface area contributed by atoms with Crippen LogP contribution in [0, 0.1) is 0 Å². The molecule has 0 N–H and O–H groups in total. The minimum Gasteiger partial charge on any atom is -0.374 e. The van der Waals surface area contributed by atoms with Gasteiger partial charge in [-0.1, -0.05) is 24.3 Å². The van der Waals surface area contributed by atoms with Crippen LogP contribution < -0.4 is 0 Å². The van der Waals surface area contributed by atoms with Gasteiger partial charge in [0.2, 0.25) is 0 Å². The van der Waals surface area contributed by atoms with Gasteiger partial charge in [-0.2, -0.15) is 0 Å². The van der Waals surface area contributed by atoms with Crippen LogP contribution in [0.15, 0.2) is 24.3 Å². The summed E-state index contributed by atoms with van der Waals surface area (Å²) in [5, 5.41) is 0. The van der Waals surface area contributed by atoms with Crippen LogP contribution in [0.5, 0.6) is 0 Å². The predicted molar refractivity (Wildman–Crippen MR) is 71.5 cm³/mol. The molecule has 18 heavy (non-hydrogen) atoms. The molecule has 0 spiro atoms. The van der Waals surface area contributed by atoms with E-state index in [1.54, 1.807) is 0 Å². The number of unbranched alkanes of at least 4 members (excludes halogenated alkanes) is 1. The summed E-state index contributed by atoms with van der Waals surface area (Å²) < 4.78 is 19.0. The molecule has 2 nitrogen and oxygen atoms in total. The van der Waals surface area contributed by atoms with Gasteiger partial charge in [0, 0.05) is 0 Å². The predicted octanol–water partition coefficient (Wildman–Crippen LogP) is 2.77. The van der Waals surface area contributed by atoms with Gasteiger partial charge in [0.15, 0.2) is 5.67 Å². The topological polar surface area (TPSA) is 12.5 Å². The first kappa shape index (κ1) is 13.5. The number of rotatable bonds is 6. The highest BCUT2D eigenvalue weighted by atomic mass is 19.1. The molecule has 0 aliphatic carbocycles.